The maximum Gasteiger partial charge on any atom is 0.272 e. The molecule has 1 N–H and O–H groups in total. The van der Waals surface area contributed by atoms with E-state index in [0.29, 0.717) is 0 Å². The van der Waals surface area contributed by atoms with E-state index in [0.717, 1.165) is 0 Å². The van der Waals surface area contributed by atoms with E-state index in [4.69, 9.17) is 4.74 Å². The fourth-order valence-corrected chi connectivity index (χ4v) is 1.74. The molecule has 0 spiro atoms. The standard InChI is InChI=1S/C14H20F2N2O3/c1-9(2)18(7-10(3)19)14(20)12-6-11(4-5-17-12)21-8-13(15)16/h4-6,9-10,13,19H,7-8H2,1-3H3. The van der Waals surface area contributed by atoms with Gasteiger partial charge in [-0.2, -0.15) is 0 Å². The van der Waals surface area contributed by atoms with Crippen LogP contribution >= 0.6 is 0 Å². The van der Waals surface area contributed by atoms with Crippen molar-refractivity contribution < 1.29 is 23.4 Å². The summed E-state index contributed by atoms with van der Waals surface area (Å²) in [7, 11) is 0. The lowest BCUT2D eigenvalue weighted by Crippen LogP contribution is -2.41. The van der Waals surface area contributed by atoms with Crippen LogP contribution in [-0.2, 0) is 0 Å². The predicted octanol–water partition coefficient (Wildman–Crippen LogP) is 1.96. The minimum absolute atomic E-state index is 0.0936. The molecule has 0 aliphatic heterocycles. The third kappa shape index (κ3) is 5.63. The number of carbonyl (C=O) groups is 1. The number of hydrogen-bond donors (Lipinski definition) is 1. The Morgan fingerprint density at radius 1 is 1.43 bits per heavy atom. The minimum Gasteiger partial charge on any atom is -0.488 e. The van der Waals surface area contributed by atoms with Gasteiger partial charge in [-0.1, -0.05) is 0 Å². The van der Waals surface area contributed by atoms with Crippen LogP contribution in [0.25, 0.3) is 0 Å². The Morgan fingerprint density at radius 2 is 2.10 bits per heavy atom. The average molecular weight is 302 g/mol. The second-order valence-electron chi connectivity index (χ2n) is 4.98. The topological polar surface area (TPSA) is 62.7 Å². The molecule has 0 saturated heterocycles. The van der Waals surface area contributed by atoms with Crippen molar-refractivity contribution in [3.05, 3.63) is 24.0 Å². The van der Waals surface area contributed by atoms with E-state index in [2.05, 4.69) is 4.98 Å². The summed E-state index contributed by atoms with van der Waals surface area (Å²) in [6.45, 7) is 4.65. The molecule has 1 aromatic rings. The van der Waals surface area contributed by atoms with Gasteiger partial charge in [-0.05, 0) is 26.8 Å². The van der Waals surface area contributed by atoms with Crippen LogP contribution in [0.15, 0.2) is 18.3 Å². The molecule has 1 amide bonds. The number of halogens is 2. The highest BCUT2D eigenvalue weighted by Gasteiger charge is 2.21. The SMILES string of the molecule is CC(O)CN(C(=O)c1cc(OCC(F)F)ccn1)C(C)C. The van der Waals surface area contributed by atoms with Crippen LogP contribution < -0.4 is 4.74 Å². The highest BCUT2D eigenvalue weighted by molar-refractivity contribution is 5.92. The molecule has 0 bridgehead atoms. The van der Waals surface area contributed by atoms with Gasteiger partial charge >= 0.3 is 0 Å². The van der Waals surface area contributed by atoms with Crippen LogP contribution in [-0.4, -0.2) is 52.6 Å². The van der Waals surface area contributed by atoms with Gasteiger partial charge in [0, 0.05) is 24.8 Å². The van der Waals surface area contributed by atoms with E-state index in [1.54, 1.807) is 6.92 Å². The van der Waals surface area contributed by atoms with Crippen molar-refractivity contribution in [1.82, 2.24) is 9.88 Å². The smallest absolute Gasteiger partial charge is 0.272 e. The lowest BCUT2D eigenvalue weighted by molar-refractivity contribution is 0.0572. The van der Waals surface area contributed by atoms with Crippen molar-refractivity contribution in [2.75, 3.05) is 13.2 Å². The summed E-state index contributed by atoms with van der Waals surface area (Å²) < 4.78 is 29.1. The van der Waals surface area contributed by atoms with Crippen molar-refractivity contribution in [2.45, 2.75) is 39.3 Å². The molecule has 0 fully saturated rings. The van der Waals surface area contributed by atoms with Gasteiger partial charge in [0.15, 0.2) is 0 Å². The van der Waals surface area contributed by atoms with E-state index in [9.17, 15) is 18.7 Å². The number of amides is 1. The first-order chi connectivity index (χ1) is 9.81. The molecule has 1 atom stereocenters. The van der Waals surface area contributed by atoms with Crippen molar-refractivity contribution in [2.24, 2.45) is 0 Å². The van der Waals surface area contributed by atoms with Gasteiger partial charge in [0.2, 0.25) is 0 Å². The van der Waals surface area contributed by atoms with Crippen molar-refractivity contribution in [3.8, 4) is 5.75 Å². The van der Waals surface area contributed by atoms with Crippen LogP contribution in [0.2, 0.25) is 0 Å². The van der Waals surface area contributed by atoms with Crippen molar-refractivity contribution >= 4 is 5.91 Å². The van der Waals surface area contributed by atoms with Crippen LogP contribution in [0, 0.1) is 0 Å². The Morgan fingerprint density at radius 3 is 2.62 bits per heavy atom. The molecule has 21 heavy (non-hydrogen) atoms. The molecule has 1 unspecified atom stereocenters. The highest BCUT2D eigenvalue weighted by Crippen LogP contribution is 2.15. The monoisotopic (exact) mass is 302 g/mol. The van der Waals surface area contributed by atoms with Gasteiger partial charge in [-0.15, -0.1) is 0 Å². The maximum absolute atomic E-state index is 12.4. The Balaban J connectivity index is 2.87. The van der Waals surface area contributed by atoms with Crippen molar-refractivity contribution in [3.63, 3.8) is 0 Å². The minimum atomic E-state index is -2.58. The number of aliphatic hydroxyl groups is 1. The third-order valence-corrected chi connectivity index (χ3v) is 2.67. The van der Waals surface area contributed by atoms with Crippen LogP contribution in [0.3, 0.4) is 0 Å². The molecule has 1 rings (SSSR count). The van der Waals surface area contributed by atoms with Gasteiger partial charge < -0.3 is 14.7 Å². The van der Waals surface area contributed by atoms with E-state index >= 15 is 0 Å². The number of ether oxygens (including phenoxy) is 1. The maximum atomic E-state index is 12.4. The van der Waals surface area contributed by atoms with E-state index in [1.807, 2.05) is 13.8 Å². The first-order valence-electron chi connectivity index (χ1n) is 6.67. The Hall–Kier alpha value is -1.76. The van der Waals surface area contributed by atoms with Gasteiger partial charge in [-0.3, -0.25) is 9.78 Å². The van der Waals surface area contributed by atoms with E-state index in [1.165, 1.54) is 23.2 Å². The van der Waals surface area contributed by atoms with Crippen molar-refractivity contribution in [1.29, 1.82) is 0 Å². The summed E-state index contributed by atoms with van der Waals surface area (Å²) in [4.78, 5) is 17.8. The third-order valence-electron chi connectivity index (χ3n) is 2.67. The molecular weight excluding hydrogens is 282 g/mol. The summed E-state index contributed by atoms with van der Waals surface area (Å²) in [5.41, 5.74) is 0.0936. The van der Waals surface area contributed by atoms with Crippen LogP contribution in [0.5, 0.6) is 5.75 Å². The summed E-state index contributed by atoms with van der Waals surface area (Å²) in [6.07, 6.45) is -1.93. The van der Waals surface area contributed by atoms with Gasteiger partial charge in [0.05, 0.1) is 6.10 Å². The Labute approximate surface area is 122 Å². The van der Waals surface area contributed by atoms with Gasteiger partial charge in [0.25, 0.3) is 12.3 Å². The van der Waals surface area contributed by atoms with Crippen LogP contribution in [0.1, 0.15) is 31.3 Å². The molecule has 1 heterocycles. The summed E-state index contributed by atoms with van der Waals surface area (Å²) in [5.74, 6) is -0.220. The number of carbonyl (C=O) groups excluding carboxylic acids is 1. The Bertz CT molecular complexity index is 467. The average Bonchev–Trinajstić information content (AvgIpc) is 2.41. The van der Waals surface area contributed by atoms with E-state index < -0.39 is 19.1 Å². The number of pyridine rings is 1. The lowest BCUT2D eigenvalue weighted by atomic mass is 10.2. The molecule has 0 saturated carbocycles. The molecule has 1 aromatic heterocycles. The molecule has 0 aromatic carbocycles. The summed E-state index contributed by atoms with van der Waals surface area (Å²) >= 11 is 0. The number of aliphatic hydroxyl groups excluding tert-OH is 1. The second-order valence-corrected chi connectivity index (χ2v) is 4.98. The number of hydrogen-bond acceptors (Lipinski definition) is 4. The molecular formula is C14H20F2N2O3. The fourth-order valence-electron chi connectivity index (χ4n) is 1.74. The van der Waals surface area contributed by atoms with Gasteiger partial charge in [0.1, 0.15) is 18.1 Å². The first-order valence-corrected chi connectivity index (χ1v) is 6.67. The number of aromatic nitrogens is 1. The first kappa shape index (κ1) is 17.3. The zero-order chi connectivity index (χ0) is 16.0. The molecule has 7 heteroatoms. The predicted molar refractivity (Wildman–Crippen MR) is 73.6 cm³/mol. The number of alkyl halides is 2. The molecule has 0 aliphatic carbocycles. The zero-order valence-electron chi connectivity index (χ0n) is 12.3. The largest absolute Gasteiger partial charge is 0.488 e. The molecule has 5 nitrogen and oxygen atoms in total. The normalized spacial score (nSPS) is 12.6. The number of nitrogens with zero attached hydrogens (tertiary/aromatic N) is 2. The Kier molecular flexibility index (Phi) is 6.48. The quantitative estimate of drug-likeness (QED) is 0.836. The summed E-state index contributed by atoms with van der Waals surface area (Å²) in [5, 5.41) is 9.45. The molecule has 0 aliphatic rings. The zero-order valence-corrected chi connectivity index (χ0v) is 12.3. The van der Waals surface area contributed by atoms with Gasteiger partial charge in [-0.25, -0.2) is 8.78 Å². The lowest BCUT2D eigenvalue weighted by Gasteiger charge is -2.27. The van der Waals surface area contributed by atoms with E-state index in [-0.39, 0.29) is 29.9 Å². The van der Waals surface area contributed by atoms with Crippen LogP contribution in [0.4, 0.5) is 8.78 Å². The molecule has 0 radical (unpaired) electrons. The molecule has 118 valence electrons. The highest BCUT2D eigenvalue weighted by atomic mass is 19.3. The second kappa shape index (κ2) is 7.87. The summed E-state index contributed by atoms with van der Waals surface area (Å²) in [6, 6.07) is 2.61. The fraction of sp³-hybridized carbons (Fsp3) is 0.571. The number of rotatable bonds is 7.